The van der Waals surface area contributed by atoms with Gasteiger partial charge in [0.1, 0.15) is 11.6 Å². The third-order valence-corrected chi connectivity index (χ3v) is 3.18. The Hall–Kier alpha value is -2.63. The molecule has 0 aliphatic heterocycles. The molecule has 0 unspecified atom stereocenters. The Morgan fingerprint density at radius 1 is 1.14 bits per heavy atom. The molecule has 0 fully saturated rings. The summed E-state index contributed by atoms with van der Waals surface area (Å²) >= 11 is 0. The lowest BCUT2D eigenvalue weighted by molar-refractivity contribution is -0.384. The van der Waals surface area contributed by atoms with Gasteiger partial charge in [0.15, 0.2) is 0 Å². The minimum atomic E-state index is -0.427. The number of aromatic nitrogens is 1. The van der Waals surface area contributed by atoms with Crippen LogP contribution in [0.3, 0.4) is 0 Å². The van der Waals surface area contributed by atoms with Gasteiger partial charge in [0.2, 0.25) is 0 Å². The van der Waals surface area contributed by atoms with Crippen molar-refractivity contribution in [3.05, 3.63) is 57.6 Å². The fourth-order valence-electron chi connectivity index (χ4n) is 1.93. The second-order valence-corrected chi connectivity index (χ2v) is 4.63. The van der Waals surface area contributed by atoms with E-state index in [4.69, 9.17) is 0 Å². The molecule has 0 bridgehead atoms. The van der Waals surface area contributed by atoms with Crippen LogP contribution in [-0.4, -0.2) is 17.0 Å². The van der Waals surface area contributed by atoms with Gasteiger partial charge in [-0.1, -0.05) is 31.2 Å². The molecule has 6 nitrogen and oxygen atoms in total. The molecule has 0 saturated heterocycles. The van der Waals surface area contributed by atoms with E-state index in [9.17, 15) is 10.1 Å². The highest BCUT2D eigenvalue weighted by molar-refractivity contribution is 5.54. The summed E-state index contributed by atoms with van der Waals surface area (Å²) in [4.78, 5) is 14.7. The molecule has 0 aliphatic rings. The molecule has 1 heterocycles. The summed E-state index contributed by atoms with van der Waals surface area (Å²) in [5.74, 6) is 0.946. The Bertz CT molecular complexity index is 626. The molecule has 1 aromatic carbocycles. The average Bonchev–Trinajstić information content (AvgIpc) is 2.53. The van der Waals surface area contributed by atoms with Crippen molar-refractivity contribution in [1.29, 1.82) is 0 Å². The number of hydrogen-bond acceptors (Lipinski definition) is 5. The van der Waals surface area contributed by atoms with Crippen molar-refractivity contribution in [2.75, 3.05) is 17.7 Å². The summed E-state index contributed by atoms with van der Waals surface area (Å²) in [5.41, 5.74) is 2.40. The van der Waals surface area contributed by atoms with Crippen molar-refractivity contribution in [2.24, 2.45) is 0 Å². The molecule has 2 N–H and O–H groups in total. The summed E-state index contributed by atoms with van der Waals surface area (Å²) in [6, 6.07) is 11.1. The number of nitrogens with one attached hydrogen (secondary N) is 2. The van der Waals surface area contributed by atoms with Crippen LogP contribution in [0.1, 0.15) is 18.1 Å². The van der Waals surface area contributed by atoms with Gasteiger partial charge in [0.05, 0.1) is 17.1 Å². The van der Waals surface area contributed by atoms with Gasteiger partial charge in [0.25, 0.3) is 5.69 Å². The maximum atomic E-state index is 10.9. The zero-order valence-electron chi connectivity index (χ0n) is 12.1. The van der Waals surface area contributed by atoms with Crippen LogP contribution in [0, 0.1) is 10.1 Å². The Morgan fingerprint density at radius 3 is 2.33 bits per heavy atom. The quantitative estimate of drug-likeness (QED) is 0.629. The minimum Gasteiger partial charge on any atom is -0.373 e. The Morgan fingerprint density at radius 2 is 1.76 bits per heavy atom. The van der Waals surface area contributed by atoms with E-state index in [1.807, 2.05) is 12.1 Å². The van der Waals surface area contributed by atoms with Gasteiger partial charge in [0, 0.05) is 13.6 Å². The highest BCUT2D eigenvalue weighted by Crippen LogP contribution is 2.20. The number of rotatable bonds is 6. The predicted octanol–water partition coefficient (Wildman–Crippen LogP) is 3.21. The van der Waals surface area contributed by atoms with Crippen LogP contribution >= 0.6 is 0 Å². The average molecular weight is 286 g/mol. The molecule has 0 atom stereocenters. The second kappa shape index (κ2) is 6.69. The molecule has 0 aliphatic carbocycles. The lowest BCUT2D eigenvalue weighted by atomic mass is 10.1. The molecule has 0 amide bonds. The van der Waals surface area contributed by atoms with Crippen LogP contribution < -0.4 is 10.6 Å². The van der Waals surface area contributed by atoms with Crippen LogP contribution in [0.4, 0.5) is 17.3 Å². The predicted molar refractivity (Wildman–Crippen MR) is 83.6 cm³/mol. The maximum absolute atomic E-state index is 10.9. The first kappa shape index (κ1) is 14.8. The number of nitrogens with zero attached hydrogens (tertiary/aromatic N) is 2. The molecule has 110 valence electrons. The molecular weight excluding hydrogens is 268 g/mol. The molecule has 6 heteroatoms. The van der Waals surface area contributed by atoms with Crippen LogP contribution in [0.25, 0.3) is 0 Å². The van der Waals surface area contributed by atoms with Crippen molar-refractivity contribution in [2.45, 2.75) is 19.9 Å². The first-order chi connectivity index (χ1) is 10.1. The fourth-order valence-corrected chi connectivity index (χ4v) is 1.93. The van der Waals surface area contributed by atoms with Crippen molar-refractivity contribution in [3.63, 3.8) is 0 Å². The molecule has 0 radical (unpaired) electrons. The van der Waals surface area contributed by atoms with Gasteiger partial charge < -0.3 is 10.6 Å². The summed E-state index contributed by atoms with van der Waals surface area (Å²) in [6.45, 7) is 2.68. The van der Waals surface area contributed by atoms with Crippen LogP contribution in [-0.2, 0) is 13.0 Å². The van der Waals surface area contributed by atoms with E-state index in [1.54, 1.807) is 7.05 Å². The van der Waals surface area contributed by atoms with Gasteiger partial charge in [-0.05, 0) is 17.5 Å². The lowest BCUT2D eigenvalue weighted by Crippen LogP contribution is -2.04. The largest absolute Gasteiger partial charge is 0.373 e. The first-order valence-corrected chi connectivity index (χ1v) is 6.78. The van der Waals surface area contributed by atoms with E-state index in [-0.39, 0.29) is 5.69 Å². The van der Waals surface area contributed by atoms with E-state index in [0.29, 0.717) is 18.2 Å². The molecule has 0 saturated carbocycles. The number of anilines is 2. The molecule has 21 heavy (non-hydrogen) atoms. The monoisotopic (exact) mass is 286 g/mol. The van der Waals surface area contributed by atoms with Gasteiger partial charge in [-0.3, -0.25) is 10.1 Å². The summed E-state index contributed by atoms with van der Waals surface area (Å²) < 4.78 is 0. The maximum Gasteiger partial charge on any atom is 0.276 e. The standard InChI is InChI=1S/C15H18N4O2/c1-3-11-4-6-12(7-5-11)10-17-15-9-13(19(20)21)8-14(16-2)18-15/h4-9H,3,10H2,1-2H3,(H2,16,17,18). The SMILES string of the molecule is CCc1ccc(CNc2cc([N+](=O)[O-])cc(NC)n2)cc1. The van der Waals surface area contributed by atoms with Gasteiger partial charge >= 0.3 is 0 Å². The van der Waals surface area contributed by atoms with Crippen molar-refractivity contribution in [1.82, 2.24) is 4.98 Å². The molecule has 2 aromatic rings. The summed E-state index contributed by atoms with van der Waals surface area (Å²) in [7, 11) is 1.68. The normalized spacial score (nSPS) is 10.2. The summed E-state index contributed by atoms with van der Waals surface area (Å²) in [5, 5.41) is 16.8. The Kier molecular flexibility index (Phi) is 4.71. The van der Waals surface area contributed by atoms with E-state index in [0.717, 1.165) is 12.0 Å². The van der Waals surface area contributed by atoms with Crippen LogP contribution in [0.2, 0.25) is 0 Å². The van der Waals surface area contributed by atoms with E-state index < -0.39 is 4.92 Å². The van der Waals surface area contributed by atoms with E-state index >= 15 is 0 Å². The van der Waals surface area contributed by atoms with Gasteiger partial charge in [-0.2, -0.15) is 0 Å². The molecule has 1 aromatic heterocycles. The lowest BCUT2D eigenvalue weighted by Gasteiger charge is -2.08. The number of nitro groups is 1. The van der Waals surface area contributed by atoms with Gasteiger partial charge in [-0.25, -0.2) is 4.98 Å². The Balaban J connectivity index is 2.11. The highest BCUT2D eigenvalue weighted by atomic mass is 16.6. The molecular formula is C15H18N4O2. The van der Waals surface area contributed by atoms with Crippen molar-refractivity contribution < 1.29 is 4.92 Å². The highest BCUT2D eigenvalue weighted by Gasteiger charge is 2.10. The van der Waals surface area contributed by atoms with Crippen LogP contribution in [0.5, 0.6) is 0 Å². The van der Waals surface area contributed by atoms with Gasteiger partial charge in [-0.15, -0.1) is 0 Å². The molecule has 0 spiro atoms. The van der Waals surface area contributed by atoms with Crippen molar-refractivity contribution >= 4 is 17.3 Å². The fraction of sp³-hybridized carbons (Fsp3) is 0.267. The third-order valence-electron chi connectivity index (χ3n) is 3.18. The second-order valence-electron chi connectivity index (χ2n) is 4.63. The first-order valence-electron chi connectivity index (χ1n) is 6.78. The zero-order chi connectivity index (χ0) is 15.2. The number of hydrogen-bond donors (Lipinski definition) is 2. The number of aryl methyl sites for hydroxylation is 1. The topological polar surface area (TPSA) is 80.1 Å². The van der Waals surface area contributed by atoms with Crippen molar-refractivity contribution in [3.8, 4) is 0 Å². The minimum absolute atomic E-state index is 0.0122. The van der Waals surface area contributed by atoms with E-state index in [1.165, 1.54) is 17.7 Å². The number of benzene rings is 1. The zero-order valence-corrected chi connectivity index (χ0v) is 12.1. The number of pyridine rings is 1. The molecule has 2 rings (SSSR count). The smallest absolute Gasteiger partial charge is 0.276 e. The third kappa shape index (κ3) is 3.92. The summed E-state index contributed by atoms with van der Waals surface area (Å²) in [6.07, 6.45) is 1.01. The van der Waals surface area contributed by atoms with E-state index in [2.05, 4.69) is 34.7 Å². The van der Waals surface area contributed by atoms with Crippen LogP contribution in [0.15, 0.2) is 36.4 Å². The Labute approximate surface area is 123 Å².